The van der Waals surface area contributed by atoms with Crippen molar-refractivity contribution >= 4 is 44.1 Å². The molecule has 2 aliphatic heterocycles. The van der Waals surface area contributed by atoms with Gasteiger partial charge < -0.3 is 4.90 Å². The fraction of sp³-hybridized carbons (Fsp3) is 0.278. The predicted octanol–water partition coefficient (Wildman–Crippen LogP) is 3.62. The first-order valence-corrected chi connectivity index (χ1v) is 11.2. The molecule has 130 valence electrons. The molecule has 7 heteroatoms. The van der Waals surface area contributed by atoms with Gasteiger partial charge in [0.25, 0.3) is 0 Å². The molecule has 1 saturated heterocycles. The summed E-state index contributed by atoms with van der Waals surface area (Å²) in [5, 5.41) is 1.61. The number of fused-ring (bicyclic) bond motifs is 1. The second kappa shape index (κ2) is 6.67. The number of rotatable bonds is 3. The van der Waals surface area contributed by atoms with Gasteiger partial charge in [-0.15, -0.1) is 0 Å². The number of nitrogens with zero attached hydrogens (tertiary/aromatic N) is 2. The number of aliphatic imine (C=N–C) groups is 1. The normalized spacial score (nSPS) is 24.2. The molecule has 2 atom stereocenters. The molecule has 0 saturated carbocycles. The third-order valence-corrected chi connectivity index (χ3v) is 7.54. The van der Waals surface area contributed by atoms with E-state index in [1.807, 2.05) is 54.6 Å². The average Bonchev–Trinajstić information content (AvgIpc) is 3.06. The first-order valence-electron chi connectivity index (χ1n) is 8.02. The number of hydrogen-bond acceptors (Lipinski definition) is 5. The Labute approximate surface area is 156 Å². The van der Waals surface area contributed by atoms with E-state index in [4.69, 9.17) is 16.6 Å². The van der Waals surface area contributed by atoms with Crippen LogP contribution in [-0.2, 0) is 15.6 Å². The molecule has 0 aromatic heterocycles. The van der Waals surface area contributed by atoms with Crippen molar-refractivity contribution in [2.24, 2.45) is 4.99 Å². The Morgan fingerprint density at radius 2 is 1.80 bits per heavy atom. The van der Waals surface area contributed by atoms with E-state index in [2.05, 4.69) is 4.90 Å². The van der Waals surface area contributed by atoms with Gasteiger partial charge in [0, 0.05) is 16.5 Å². The van der Waals surface area contributed by atoms with Gasteiger partial charge in [-0.05, 0) is 23.8 Å². The lowest BCUT2D eigenvalue weighted by Crippen LogP contribution is -2.39. The third-order valence-electron chi connectivity index (χ3n) is 4.46. The highest BCUT2D eigenvalue weighted by Gasteiger charge is 2.47. The number of thioether (sulfide) groups is 1. The minimum absolute atomic E-state index is 0.110. The molecule has 4 nitrogen and oxygen atoms in total. The van der Waals surface area contributed by atoms with Crippen LogP contribution in [0.2, 0.25) is 5.02 Å². The SMILES string of the molecule is O=S1(=O)CC2N=C(SCc3ccccc3Cl)N(c3ccccc3)C2C1. The lowest BCUT2D eigenvalue weighted by Gasteiger charge is -2.26. The van der Waals surface area contributed by atoms with Crippen molar-refractivity contribution in [1.82, 2.24) is 0 Å². The van der Waals surface area contributed by atoms with E-state index in [0.717, 1.165) is 21.4 Å². The summed E-state index contributed by atoms with van der Waals surface area (Å²) in [6, 6.07) is 17.3. The number of benzene rings is 2. The molecular formula is C18H17ClN2O2S2. The molecule has 0 spiro atoms. The minimum Gasteiger partial charge on any atom is -0.315 e. The molecule has 2 aromatic rings. The van der Waals surface area contributed by atoms with Gasteiger partial charge in [-0.1, -0.05) is 59.8 Å². The van der Waals surface area contributed by atoms with Crippen molar-refractivity contribution in [1.29, 1.82) is 0 Å². The van der Waals surface area contributed by atoms with Gasteiger partial charge in [0.05, 0.1) is 23.6 Å². The summed E-state index contributed by atoms with van der Waals surface area (Å²) in [5.41, 5.74) is 2.03. The first kappa shape index (κ1) is 16.9. The third kappa shape index (κ3) is 3.43. The Bertz CT molecular complexity index is 916. The quantitative estimate of drug-likeness (QED) is 0.800. The number of halogens is 1. The van der Waals surface area contributed by atoms with Crippen LogP contribution in [0.25, 0.3) is 0 Å². The van der Waals surface area contributed by atoms with Crippen molar-refractivity contribution in [3.8, 4) is 0 Å². The van der Waals surface area contributed by atoms with E-state index in [1.54, 1.807) is 11.8 Å². The summed E-state index contributed by atoms with van der Waals surface area (Å²) in [6.07, 6.45) is 0. The van der Waals surface area contributed by atoms with Crippen molar-refractivity contribution in [2.45, 2.75) is 17.8 Å². The Morgan fingerprint density at radius 1 is 1.08 bits per heavy atom. The van der Waals surface area contributed by atoms with Crippen LogP contribution >= 0.6 is 23.4 Å². The van der Waals surface area contributed by atoms with E-state index in [9.17, 15) is 8.42 Å². The smallest absolute Gasteiger partial charge is 0.164 e. The van der Waals surface area contributed by atoms with Gasteiger partial charge in [0.15, 0.2) is 15.0 Å². The zero-order chi connectivity index (χ0) is 17.4. The van der Waals surface area contributed by atoms with Gasteiger partial charge in [-0.2, -0.15) is 0 Å². The maximum absolute atomic E-state index is 12.0. The van der Waals surface area contributed by atoms with Crippen molar-refractivity contribution < 1.29 is 8.42 Å². The lowest BCUT2D eigenvalue weighted by molar-refractivity contribution is 0.601. The number of anilines is 1. The van der Waals surface area contributed by atoms with Crippen LogP contribution in [0.3, 0.4) is 0 Å². The number of sulfone groups is 1. The second-order valence-electron chi connectivity index (χ2n) is 6.21. The van der Waals surface area contributed by atoms with E-state index in [-0.39, 0.29) is 23.6 Å². The largest absolute Gasteiger partial charge is 0.315 e. The van der Waals surface area contributed by atoms with E-state index in [1.165, 1.54) is 0 Å². The maximum atomic E-state index is 12.0. The molecule has 0 radical (unpaired) electrons. The van der Waals surface area contributed by atoms with Crippen LogP contribution in [0.5, 0.6) is 0 Å². The summed E-state index contributed by atoms with van der Waals surface area (Å²) in [6.45, 7) is 0. The van der Waals surface area contributed by atoms with Gasteiger partial charge in [0.1, 0.15) is 0 Å². The van der Waals surface area contributed by atoms with E-state index >= 15 is 0 Å². The van der Waals surface area contributed by atoms with E-state index in [0.29, 0.717) is 5.75 Å². The maximum Gasteiger partial charge on any atom is 0.164 e. The lowest BCUT2D eigenvalue weighted by atomic mass is 10.1. The second-order valence-corrected chi connectivity index (χ2v) is 9.71. The molecule has 2 aromatic carbocycles. The van der Waals surface area contributed by atoms with Gasteiger partial charge in [-0.25, -0.2) is 8.42 Å². The summed E-state index contributed by atoms with van der Waals surface area (Å²) < 4.78 is 24.1. The molecule has 0 N–H and O–H groups in total. The van der Waals surface area contributed by atoms with Crippen LogP contribution in [-0.4, -0.2) is 37.2 Å². The standard InChI is InChI=1S/C18H17ClN2O2S2/c19-15-9-5-4-6-13(15)10-24-18-20-16-11-25(22,23)12-17(16)21(18)14-7-2-1-3-8-14/h1-9,16-17H,10-12H2. The Kier molecular flexibility index (Phi) is 4.52. The Hall–Kier alpha value is -1.50. The Balaban J connectivity index is 1.62. The summed E-state index contributed by atoms with van der Waals surface area (Å²) >= 11 is 7.86. The molecule has 0 amide bonds. The van der Waals surface area contributed by atoms with Crippen LogP contribution in [0.4, 0.5) is 5.69 Å². The fourth-order valence-corrected chi connectivity index (χ4v) is 6.53. The molecule has 2 unspecified atom stereocenters. The molecule has 0 bridgehead atoms. The molecule has 0 aliphatic carbocycles. The molecule has 25 heavy (non-hydrogen) atoms. The molecule has 2 aliphatic rings. The van der Waals surface area contributed by atoms with Gasteiger partial charge >= 0.3 is 0 Å². The number of hydrogen-bond donors (Lipinski definition) is 0. The van der Waals surface area contributed by atoms with Gasteiger partial charge in [-0.3, -0.25) is 4.99 Å². The highest BCUT2D eigenvalue weighted by molar-refractivity contribution is 8.13. The monoisotopic (exact) mass is 392 g/mol. The highest BCUT2D eigenvalue weighted by atomic mass is 35.5. The number of para-hydroxylation sites is 1. The summed E-state index contributed by atoms with van der Waals surface area (Å²) in [5.74, 6) is 0.997. The first-order chi connectivity index (χ1) is 12.0. The molecular weight excluding hydrogens is 376 g/mol. The van der Waals surface area contributed by atoms with Crippen LogP contribution in [0.1, 0.15) is 5.56 Å². The van der Waals surface area contributed by atoms with Crippen molar-refractivity contribution in [3.05, 3.63) is 65.2 Å². The van der Waals surface area contributed by atoms with Crippen LogP contribution < -0.4 is 4.90 Å². The number of amidine groups is 1. The van der Waals surface area contributed by atoms with E-state index < -0.39 is 9.84 Å². The zero-order valence-electron chi connectivity index (χ0n) is 13.4. The van der Waals surface area contributed by atoms with Crippen molar-refractivity contribution in [3.63, 3.8) is 0 Å². The summed E-state index contributed by atoms with van der Waals surface area (Å²) in [7, 11) is -3.02. The van der Waals surface area contributed by atoms with Crippen LogP contribution in [0.15, 0.2) is 59.6 Å². The summed E-state index contributed by atoms with van der Waals surface area (Å²) in [4.78, 5) is 6.81. The van der Waals surface area contributed by atoms with Crippen molar-refractivity contribution in [2.75, 3.05) is 16.4 Å². The average molecular weight is 393 g/mol. The van der Waals surface area contributed by atoms with Crippen LogP contribution in [0, 0.1) is 0 Å². The Morgan fingerprint density at radius 3 is 2.56 bits per heavy atom. The molecule has 1 fully saturated rings. The fourth-order valence-electron chi connectivity index (χ4n) is 3.28. The highest BCUT2D eigenvalue weighted by Crippen LogP contribution is 2.36. The zero-order valence-corrected chi connectivity index (χ0v) is 15.8. The molecule has 2 heterocycles. The minimum atomic E-state index is -3.02. The topological polar surface area (TPSA) is 49.7 Å². The van der Waals surface area contributed by atoms with Gasteiger partial charge in [0.2, 0.25) is 0 Å². The molecule has 4 rings (SSSR count). The predicted molar refractivity (Wildman–Crippen MR) is 105 cm³/mol.